The van der Waals surface area contributed by atoms with Gasteiger partial charge in [0.05, 0.1) is 0 Å². The monoisotopic (exact) mass is 173 g/mol. The summed E-state index contributed by atoms with van der Waals surface area (Å²) in [5.41, 5.74) is 1.29. The molecule has 11 heavy (non-hydrogen) atoms. The Hall–Kier alpha value is -0.730. The maximum atomic E-state index is 4.94. The summed E-state index contributed by atoms with van der Waals surface area (Å²) in [4.78, 5) is 4.51. The maximum absolute atomic E-state index is 4.94. The number of halogens is 1. The predicted octanol–water partition coefficient (Wildman–Crippen LogP) is 1.92. The Bertz CT molecular complexity index is 175. The molecule has 0 atom stereocenters. The summed E-state index contributed by atoms with van der Waals surface area (Å²) in [6, 6.07) is 7.72. The highest BCUT2D eigenvalue weighted by Crippen LogP contribution is 2.10. The third kappa shape index (κ3) is 2.78. The van der Waals surface area contributed by atoms with Gasteiger partial charge in [-0.05, 0) is 24.1 Å². The van der Waals surface area contributed by atoms with E-state index in [9.17, 15) is 0 Å². The van der Waals surface area contributed by atoms with Crippen molar-refractivity contribution in [1.82, 2.24) is 0 Å². The zero-order valence-corrected chi connectivity index (χ0v) is 7.23. The molecule has 0 saturated heterocycles. The van der Waals surface area contributed by atoms with Crippen LogP contribution in [-0.4, -0.2) is 0 Å². The molecule has 0 fully saturated rings. The van der Waals surface area contributed by atoms with Crippen molar-refractivity contribution in [3.05, 3.63) is 29.8 Å². The number of hydrogen-bond acceptors (Lipinski definition) is 2. The van der Waals surface area contributed by atoms with Gasteiger partial charge < -0.3 is 4.84 Å². The van der Waals surface area contributed by atoms with Crippen LogP contribution in [0.3, 0.4) is 0 Å². The van der Waals surface area contributed by atoms with Crippen LogP contribution in [0.1, 0.15) is 12.5 Å². The van der Waals surface area contributed by atoms with Crippen LogP contribution < -0.4 is 10.7 Å². The van der Waals surface area contributed by atoms with Gasteiger partial charge in [0, 0.05) is 0 Å². The highest BCUT2D eigenvalue weighted by molar-refractivity contribution is 5.85. The third-order valence-corrected chi connectivity index (χ3v) is 1.47. The fourth-order valence-corrected chi connectivity index (χ4v) is 0.804. The fourth-order valence-electron chi connectivity index (χ4n) is 0.804. The minimum atomic E-state index is 0. The van der Waals surface area contributed by atoms with Crippen LogP contribution in [0.4, 0.5) is 0 Å². The van der Waals surface area contributed by atoms with Gasteiger partial charge in [-0.2, -0.15) is 5.90 Å². The van der Waals surface area contributed by atoms with Gasteiger partial charge in [-0.25, -0.2) is 0 Å². The van der Waals surface area contributed by atoms with Crippen LogP contribution in [0.15, 0.2) is 24.3 Å². The molecule has 0 bridgehead atoms. The van der Waals surface area contributed by atoms with Crippen molar-refractivity contribution < 1.29 is 4.84 Å². The van der Waals surface area contributed by atoms with Gasteiger partial charge in [0.2, 0.25) is 0 Å². The van der Waals surface area contributed by atoms with Crippen LogP contribution in [0.2, 0.25) is 0 Å². The molecule has 0 radical (unpaired) electrons. The van der Waals surface area contributed by atoms with Crippen molar-refractivity contribution in [3.63, 3.8) is 0 Å². The molecular formula is C8H12ClNO. The van der Waals surface area contributed by atoms with Crippen LogP contribution >= 0.6 is 12.4 Å². The van der Waals surface area contributed by atoms with E-state index in [1.165, 1.54) is 5.56 Å². The predicted molar refractivity (Wildman–Crippen MR) is 47.9 cm³/mol. The molecule has 1 rings (SSSR count). The summed E-state index contributed by atoms with van der Waals surface area (Å²) in [6.45, 7) is 2.11. The lowest BCUT2D eigenvalue weighted by Crippen LogP contribution is -2.01. The topological polar surface area (TPSA) is 35.2 Å². The van der Waals surface area contributed by atoms with Crippen LogP contribution in [0.25, 0.3) is 0 Å². The highest BCUT2D eigenvalue weighted by atomic mass is 35.5. The lowest BCUT2D eigenvalue weighted by atomic mass is 10.2. The lowest BCUT2D eigenvalue weighted by Gasteiger charge is -1.98. The van der Waals surface area contributed by atoms with E-state index in [2.05, 4.69) is 11.8 Å². The number of aryl methyl sites for hydroxylation is 1. The summed E-state index contributed by atoms with van der Waals surface area (Å²) in [5.74, 6) is 5.65. The number of hydrogen-bond donors (Lipinski definition) is 1. The second-order valence-electron chi connectivity index (χ2n) is 2.12. The Morgan fingerprint density at radius 3 is 2.18 bits per heavy atom. The summed E-state index contributed by atoms with van der Waals surface area (Å²) in [7, 11) is 0. The molecule has 0 unspecified atom stereocenters. The van der Waals surface area contributed by atoms with Crippen molar-refractivity contribution >= 4 is 12.4 Å². The molecule has 0 spiro atoms. The Morgan fingerprint density at radius 2 is 1.82 bits per heavy atom. The van der Waals surface area contributed by atoms with Crippen LogP contribution in [-0.2, 0) is 6.42 Å². The smallest absolute Gasteiger partial charge is 0.146 e. The Kier molecular flexibility index (Phi) is 4.66. The fraction of sp³-hybridized carbons (Fsp3) is 0.250. The minimum Gasteiger partial charge on any atom is -0.412 e. The first-order valence-electron chi connectivity index (χ1n) is 3.32. The quantitative estimate of drug-likeness (QED) is 0.694. The van der Waals surface area contributed by atoms with Crippen molar-refractivity contribution in [2.75, 3.05) is 0 Å². The van der Waals surface area contributed by atoms with Crippen molar-refractivity contribution in [3.8, 4) is 5.75 Å². The first kappa shape index (κ1) is 10.3. The molecule has 0 aliphatic heterocycles. The van der Waals surface area contributed by atoms with Gasteiger partial charge in [-0.1, -0.05) is 19.1 Å². The molecule has 62 valence electrons. The van der Waals surface area contributed by atoms with Crippen molar-refractivity contribution in [2.24, 2.45) is 5.90 Å². The molecule has 0 saturated carbocycles. The molecule has 0 aliphatic carbocycles. The van der Waals surface area contributed by atoms with E-state index < -0.39 is 0 Å². The van der Waals surface area contributed by atoms with Crippen molar-refractivity contribution in [2.45, 2.75) is 13.3 Å². The van der Waals surface area contributed by atoms with Gasteiger partial charge in [-0.3, -0.25) is 0 Å². The SMILES string of the molecule is CCc1ccc(ON)cc1.Cl. The highest BCUT2D eigenvalue weighted by Gasteiger charge is 1.89. The minimum absolute atomic E-state index is 0. The van der Waals surface area contributed by atoms with Gasteiger partial charge in [0.25, 0.3) is 0 Å². The summed E-state index contributed by atoms with van der Waals surface area (Å²) in [5, 5.41) is 0. The Balaban J connectivity index is 0.000001000. The Labute approximate surface area is 72.7 Å². The van der Waals surface area contributed by atoms with Gasteiger partial charge >= 0.3 is 0 Å². The molecular weight excluding hydrogens is 162 g/mol. The molecule has 0 aliphatic rings. The largest absolute Gasteiger partial charge is 0.412 e. The number of benzene rings is 1. The van der Waals surface area contributed by atoms with E-state index in [4.69, 9.17) is 5.90 Å². The van der Waals surface area contributed by atoms with Gasteiger partial charge in [0.15, 0.2) is 0 Å². The van der Waals surface area contributed by atoms with E-state index >= 15 is 0 Å². The molecule has 0 heterocycles. The van der Waals surface area contributed by atoms with Crippen molar-refractivity contribution in [1.29, 1.82) is 0 Å². The first-order valence-corrected chi connectivity index (χ1v) is 3.32. The average molecular weight is 174 g/mol. The molecule has 0 aromatic heterocycles. The normalized spacial score (nSPS) is 8.55. The Morgan fingerprint density at radius 1 is 1.27 bits per heavy atom. The summed E-state index contributed by atoms with van der Waals surface area (Å²) >= 11 is 0. The first-order chi connectivity index (χ1) is 4.86. The lowest BCUT2D eigenvalue weighted by molar-refractivity contribution is 0.334. The van der Waals surface area contributed by atoms with Crippen LogP contribution in [0, 0.1) is 0 Å². The third-order valence-electron chi connectivity index (χ3n) is 1.47. The van der Waals surface area contributed by atoms with E-state index in [0.717, 1.165) is 6.42 Å². The zero-order valence-electron chi connectivity index (χ0n) is 6.41. The van der Waals surface area contributed by atoms with Gasteiger partial charge in [0.1, 0.15) is 5.75 Å². The summed E-state index contributed by atoms with van der Waals surface area (Å²) < 4.78 is 0. The summed E-state index contributed by atoms with van der Waals surface area (Å²) in [6.07, 6.45) is 1.05. The maximum Gasteiger partial charge on any atom is 0.146 e. The number of rotatable bonds is 2. The van der Waals surface area contributed by atoms with Gasteiger partial charge in [-0.15, -0.1) is 12.4 Å². The average Bonchev–Trinajstić information content (AvgIpc) is 2.05. The zero-order chi connectivity index (χ0) is 7.40. The molecule has 2 N–H and O–H groups in total. The van der Waals surface area contributed by atoms with Crippen LogP contribution in [0.5, 0.6) is 5.75 Å². The van der Waals surface area contributed by atoms with E-state index in [1.54, 1.807) is 0 Å². The molecule has 2 nitrogen and oxygen atoms in total. The van der Waals surface area contributed by atoms with E-state index in [0.29, 0.717) is 5.75 Å². The second-order valence-corrected chi connectivity index (χ2v) is 2.12. The molecule has 0 amide bonds. The second kappa shape index (κ2) is 4.99. The number of nitrogens with two attached hydrogens (primary N) is 1. The molecule has 1 aromatic rings. The molecule has 3 heteroatoms. The van der Waals surface area contributed by atoms with E-state index in [1.807, 2.05) is 24.3 Å². The molecule has 1 aromatic carbocycles. The van der Waals surface area contributed by atoms with E-state index in [-0.39, 0.29) is 12.4 Å². The standard InChI is InChI=1S/C8H11NO.ClH/c1-2-7-3-5-8(10-9)6-4-7;/h3-6H,2,9H2,1H3;1H.